The fraction of sp³-hybridized carbons (Fsp3) is 0. The molecule has 1 aromatic heterocycles. The summed E-state index contributed by atoms with van der Waals surface area (Å²) in [5, 5.41) is 0. The van der Waals surface area contributed by atoms with E-state index in [0.717, 1.165) is 0 Å². The Morgan fingerprint density at radius 3 is 2.11 bits per heavy atom. The highest BCUT2D eigenvalue weighted by atomic mass is 32.2. The van der Waals surface area contributed by atoms with Crippen LogP contribution in [0.5, 0.6) is 0 Å². The van der Waals surface area contributed by atoms with Crippen molar-refractivity contribution >= 4 is 27.3 Å². The summed E-state index contributed by atoms with van der Waals surface area (Å²) in [7, 11) is -3.79. The number of nitrogens with two attached hydrogens (primary N) is 2. The maximum absolute atomic E-state index is 12.0. The largest absolute Gasteiger partial charge is 0.399 e. The lowest BCUT2D eigenvalue weighted by molar-refractivity contribution is 0.601. The fourth-order valence-electron chi connectivity index (χ4n) is 1.33. The minimum Gasteiger partial charge on any atom is -0.399 e. The van der Waals surface area contributed by atoms with Crippen LogP contribution in [0.1, 0.15) is 0 Å². The van der Waals surface area contributed by atoms with Gasteiger partial charge in [0.2, 0.25) is 5.95 Å². The van der Waals surface area contributed by atoms with Crippen LogP contribution in [0.2, 0.25) is 0 Å². The van der Waals surface area contributed by atoms with E-state index in [1.54, 1.807) is 6.07 Å². The zero-order valence-electron chi connectivity index (χ0n) is 9.24. The number of hydrogen-bond acceptors (Lipinski definition) is 6. The minimum absolute atomic E-state index is 0.0153. The summed E-state index contributed by atoms with van der Waals surface area (Å²) in [5.74, 6) is -0.0153. The van der Waals surface area contributed by atoms with Gasteiger partial charge >= 0.3 is 0 Å². The number of nitrogen functional groups attached to an aromatic ring is 2. The highest BCUT2D eigenvalue weighted by Gasteiger charge is 2.16. The van der Waals surface area contributed by atoms with Crippen LogP contribution < -0.4 is 16.2 Å². The Balaban J connectivity index is 2.37. The zero-order chi connectivity index (χ0) is 13.2. The van der Waals surface area contributed by atoms with Crippen molar-refractivity contribution < 1.29 is 8.42 Å². The van der Waals surface area contributed by atoms with Crippen LogP contribution >= 0.6 is 0 Å². The molecule has 8 heteroatoms. The van der Waals surface area contributed by atoms with E-state index in [0.29, 0.717) is 0 Å². The number of sulfonamides is 1. The molecule has 0 amide bonds. The number of anilines is 3. The summed E-state index contributed by atoms with van der Waals surface area (Å²) in [6, 6.07) is 5.66. The molecule has 0 saturated heterocycles. The number of nitrogens with one attached hydrogen (secondary N) is 1. The molecule has 1 heterocycles. The maximum Gasteiger partial charge on any atom is 0.264 e. The fourth-order valence-corrected chi connectivity index (χ4v) is 2.38. The van der Waals surface area contributed by atoms with E-state index in [1.165, 1.54) is 30.6 Å². The zero-order valence-corrected chi connectivity index (χ0v) is 10.1. The molecule has 94 valence electrons. The highest BCUT2D eigenvalue weighted by molar-refractivity contribution is 7.92. The van der Waals surface area contributed by atoms with Gasteiger partial charge in [-0.05, 0) is 24.3 Å². The van der Waals surface area contributed by atoms with Crippen molar-refractivity contribution in [3.05, 3.63) is 36.7 Å². The van der Waals surface area contributed by atoms with Crippen LogP contribution in [0, 0.1) is 0 Å². The molecule has 2 rings (SSSR count). The van der Waals surface area contributed by atoms with Crippen LogP contribution in [-0.4, -0.2) is 18.4 Å². The molecule has 0 fully saturated rings. The lowest BCUT2D eigenvalue weighted by Gasteiger charge is -2.07. The Bertz CT molecular complexity index is 637. The van der Waals surface area contributed by atoms with Gasteiger partial charge in [-0.3, -0.25) is 0 Å². The van der Waals surface area contributed by atoms with Gasteiger partial charge < -0.3 is 11.5 Å². The van der Waals surface area contributed by atoms with E-state index in [4.69, 9.17) is 11.5 Å². The number of rotatable bonds is 3. The molecule has 0 atom stereocenters. The summed E-state index contributed by atoms with van der Waals surface area (Å²) in [6.07, 6.45) is 2.86. The normalized spacial score (nSPS) is 11.1. The van der Waals surface area contributed by atoms with E-state index in [2.05, 4.69) is 14.7 Å². The second-order valence-electron chi connectivity index (χ2n) is 3.51. The Labute approximate surface area is 104 Å². The van der Waals surface area contributed by atoms with Crippen LogP contribution in [-0.2, 0) is 10.0 Å². The van der Waals surface area contributed by atoms with Gasteiger partial charge in [0.1, 0.15) is 0 Å². The molecule has 0 spiro atoms. The summed E-state index contributed by atoms with van der Waals surface area (Å²) >= 11 is 0. The summed E-state index contributed by atoms with van der Waals surface area (Å²) in [4.78, 5) is 7.51. The van der Waals surface area contributed by atoms with Gasteiger partial charge in [0.15, 0.2) is 0 Å². The number of benzene rings is 1. The van der Waals surface area contributed by atoms with Crippen LogP contribution in [0.3, 0.4) is 0 Å². The van der Waals surface area contributed by atoms with Gasteiger partial charge in [-0.15, -0.1) is 0 Å². The van der Waals surface area contributed by atoms with Crippen molar-refractivity contribution in [2.75, 3.05) is 16.2 Å². The molecule has 0 saturated carbocycles. The van der Waals surface area contributed by atoms with Crippen LogP contribution in [0.4, 0.5) is 17.3 Å². The smallest absolute Gasteiger partial charge is 0.264 e. The Kier molecular flexibility index (Phi) is 3.02. The Morgan fingerprint density at radius 2 is 1.56 bits per heavy atom. The molecule has 1 aromatic carbocycles. The second-order valence-corrected chi connectivity index (χ2v) is 5.20. The quantitative estimate of drug-likeness (QED) is 0.692. The molecule has 0 aliphatic carbocycles. The molecule has 0 radical (unpaired) electrons. The second kappa shape index (κ2) is 4.49. The maximum atomic E-state index is 12.0. The van der Waals surface area contributed by atoms with E-state index < -0.39 is 10.0 Å². The van der Waals surface area contributed by atoms with Gasteiger partial charge in [-0.25, -0.2) is 23.1 Å². The average Bonchev–Trinajstić information content (AvgIpc) is 2.28. The molecule has 5 N–H and O–H groups in total. The molecule has 7 nitrogen and oxygen atoms in total. The molecular formula is C10H11N5O2S. The predicted octanol–water partition coefficient (Wildman–Crippen LogP) is 0.442. The van der Waals surface area contributed by atoms with Crippen molar-refractivity contribution in [3.63, 3.8) is 0 Å². The molecule has 2 aromatic rings. The Morgan fingerprint density at radius 1 is 1.00 bits per heavy atom. The first-order valence-electron chi connectivity index (χ1n) is 4.93. The number of hydrogen-bond donors (Lipinski definition) is 3. The lowest BCUT2D eigenvalue weighted by atomic mass is 10.3. The molecular weight excluding hydrogens is 254 g/mol. The van der Waals surface area contributed by atoms with Crippen LogP contribution in [0.15, 0.2) is 41.6 Å². The molecule has 18 heavy (non-hydrogen) atoms. The molecule has 0 bridgehead atoms. The third kappa shape index (κ3) is 2.66. The van der Waals surface area contributed by atoms with E-state index in [9.17, 15) is 8.42 Å². The van der Waals surface area contributed by atoms with Crippen LogP contribution in [0.25, 0.3) is 0 Å². The van der Waals surface area contributed by atoms with E-state index in [-0.39, 0.29) is 22.2 Å². The predicted molar refractivity (Wildman–Crippen MR) is 68.1 cm³/mol. The summed E-state index contributed by atoms with van der Waals surface area (Å²) in [6.45, 7) is 0. The van der Waals surface area contributed by atoms with Gasteiger partial charge in [-0.1, -0.05) is 0 Å². The SMILES string of the molecule is Nc1cc(N)cc(S(=O)(=O)Nc2ncccn2)c1. The van der Waals surface area contributed by atoms with Gasteiger partial charge in [-0.2, -0.15) is 0 Å². The van der Waals surface area contributed by atoms with Gasteiger partial charge in [0, 0.05) is 23.8 Å². The summed E-state index contributed by atoms with van der Waals surface area (Å²) in [5.41, 5.74) is 11.6. The van der Waals surface area contributed by atoms with Crippen molar-refractivity contribution in [1.82, 2.24) is 9.97 Å². The average molecular weight is 265 g/mol. The van der Waals surface area contributed by atoms with Gasteiger partial charge in [0.05, 0.1) is 4.90 Å². The Hall–Kier alpha value is -2.35. The minimum atomic E-state index is -3.79. The lowest BCUT2D eigenvalue weighted by Crippen LogP contribution is -2.15. The highest BCUT2D eigenvalue weighted by Crippen LogP contribution is 2.19. The van der Waals surface area contributed by atoms with E-state index in [1.807, 2.05) is 0 Å². The number of nitrogens with zero attached hydrogens (tertiary/aromatic N) is 2. The first-order chi connectivity index (χ1) is 8.47. The topological polar surface area (TPSA) is 124 Å². The molecule has 0 aliphatic rings. The van der Waals surface area contributed by atoms with Crippen molar-refractivity contribution in [2.45, 2.75) is 4.90 Å². The number of aromatic nitrogens is 2. The van der Waals surface area contributed by atoms with Crippen molar-refractivity contribution in [2.24, 2.45) is 0 Å². The standard InChI is InChI=1S/C10H11N5O2S/c11-7-4-8(12)6-9(5-7)18(16,17)15-10-13-2-1-3-14-10/h1-6H,11-12H2,(H,13,14,15). The van der Waals surface area contributed by atoms with Gasteiger partial charge in [0.25, 0.3) is 10.0 Å². The van der Waals surface area contributed by atoms with E-state index >= 15 is 0 Å². The monoisotopic (exact) mass is 265 g/mol. The molecule has 0 aliphatic heterocycles. The first kappa shape index (κ1) is 12.1. The van der Waals surface area contributed by atoms with Crippen molar-refractivity contribution in [3.8, 4) is 0 Å². The molecule has 0 unspecified atom stereocenters. The van der Waals surface area contributed by atoms with Crippen molar-refractivity contribution in [1.29, 1.82) is 0 Å². The first-order valence-corrected chi connectivity index (χ1v) is 6.41. The third-order valence-corrected chi connectivity index (χ3v) is 3.36. The summed E-state index contributed by atoms with van der Waals surface area (Å²) < 4.78 is 26.2. The third-order valence-electron chi connectivity index (χ3n) is 2.05.